The van der Waals surface area contributed by atoms with E-state index in [2.05, 4.69) is 5.32 Å². The lowest BCUT2D eigenvalue weighted by molar-refractivity contribution is -0.192. The van der Waals surface area contributed by atoms with Crippen molar-refractivity contribution in [2.45, 2.75) is 19.3 Å². The lowest BCUT2D eigenvalue weighted by Gasteiger charge is -2.30. The van der Waals surface area contributed by atoms with Gasteiger partial charge in [-0.1, -0.05) is 0 Å². The molecule has 0 aliphatic carbocycles. The number of piperazine rings is 1. The van der Waals surface area contributed by atoms with Crippen LogP contribution in [0.3, 0.4) is 0 Å². The van der Waals surface area contributed by atoms with E-state index in [1.165, 1.54) is 4.90 Å². The Morgan fingerprint density at radius 2 is 1.52 bits per heavy atom. The SMILES string of the molecule is CCN(CC(=O)N1CCNCC1)C(=O)c1ccc(C(F)(F)F)cc1.O=C(O)C(F)(F)F. The Morgan fingerprint density at radius 1 is 1.03 bits per heavy atom. The zero-order valence-electron chi connectivity index (χ0n) is 16.4. The number of carbonyl (C=O) groups excluding carboxylic acids is 2. The molecule has 174 valence electrons. The molecule has 1 aliphatic rings. The molecule has 1 heterocycles. The summed E-state index contributed by atoms with van der Waals surface area (Å²) in [7, 11) is 0. The maximum absolute atomic E-state index is 12.6. The average Bonchev–Trinajstić information content (AvgIpc) is 2.71. The van der Waals surface area contributed by atoms with Crippen LogP contribution >= 0.6 is 0 Å². The van der Waals surface area contributed by atoms with Gasteiger partial charge in [-0.15, -0.1) is 0 Å². The maximum Gasteiger partial charge on any atom is 0.490 e. The smallest absolute Gasteiger partial charge is 0.475 e. The Bertz CT molecular complexity index is 759. The number of likely N-dealkylation sites (N-methyl/N-ethyl adjacent to an activating group) is 1. The number of carbonyl (C=O) groups is 3. The molecule has 7 nitrogen and oxygen atoms in total. The van der Waals surface area contributed by atoms with Crippen molar-refractivity contribution in [3.8, 4) is 0 Å². The average molecular weight is 457 g/mol. The van der Waals surface area contributed by atoms with Crippen LogP contribution < -0.4 is 5.32 Å². The van der Waals surface area contributed by atoms with Crippen molar-refractivity contribution in [3.63, 3.8) is 0 Å². The monoisotopic (exact) mass is 457 g/mol. The summed E-state index contributed by atoms with van der Waals surface area (Å²) in [6.07, 6.45) is -9.52. The van der Waals surface area contributed by atoms with Gasteiger partial charge >= 0.3 is 18.3 Å². The number of rotatable bonds is 4. The van der Waals surface area contributed by atoms with Crippen LogP contribution in [-0.2, 0) is 15.8 Å². The molecule has 0 radical (unpaired) electrons. The molecule has 0 bridgehead atoms. The van der Waals surface area contributed by atoms with Gasteiger partial charge in [0, 0.05) is 38.3 Å². The summed E-state index contributed by atoms with van der Waals surface area (Å²) in [6, 6.07) is 4.03. The van der Waals surface area contributed by atoms with Gasteiger partial charge in [0.15, 0.2) is 0 Å². The highest BCUT2D eigenvalue weighted by molar-refractivity contribution is 5.96. The van der Waals surface area contributed by atoms with Crippen molar-refractivity contribution in [3.05, 3.63) is 35.4 Å². The van der Waals surface area contributed by atoms with E-state index in [9.17, 15) is 35.9 Å². The lowest BCUT2D eigenvalue weighted by atomic mass is 10.1. The van der Waals surface area contributed by atoms with Gasteiger partial charge in [0.25, 0.3) is 5.91 Å². The zero-order chi connectivity index (χ0) is 23.8. The number of aliphatic carboxylic acids is 1. The van der Waals surface area contributed by atoms with E-state index in [-0.39, 0.29) is 18.0 Å². The number of alkyl halides is 6. The third-order valence-electron chi connectivity index (χ3n) is 4.17. The van der Waals surface area contributed by atoms with Gasteiger partial charge in [-0.25, -0.2) is 4.79 Å². The van der Waals surface area contributed by atoms with Crippen LogP contribution in [0.4, 0.5) is 26.3 Å². The number of carboxylic acid groups (broad SMARTS) is 1. The number of benzene rings is 1. The third-order valence-corrected chi connectivity index (χ3v) is 4.17. The molecule has 2 rings (SSSR count). The van der Waals surface area contributed by atoms with Crippen LogP contribution in [0, 0.1) is 0 Å². The summed E-state index contributed by atoms with van der Waals surface area (Å²) < 4.78 is 69.5. The topological polar surface area (TPSA) is 90.0 Å². The van der Waals surface area contributed by atoms with E-state index >= 15 is 0 Å². The maximum atomic E-state index is 12.6. The lowest BCUT2D eigenvalue weighted by Crippen LogP contribution is -2.50. The predicted molar refractivity (Wildman–Crippen MR) is 96.2 cm³/mol. The van der Waals surface area contributed by atoms with E-state index < -0.39 is 29.8 Å². The van der Waals surface area contributed by atoms with Crippen LogP contribution in [-0.4, -0.2) is 78.1 Å². The first-order chi connectivity index (χ1) is 14.3. The first-order valence-corrected chi connectivity index (χ1v) is 9.02. The van der Waals surface area contributed by atoms with Crippen molar-refractivity contribution in [1.82, 2.24) is 15.1 Å². The normalized spacial score (nSPS) is 14.4. The summed E-state index contributed by atoms with van der Waals surface area (Å²) in [5.41, 5.74) is -0.669. The number of hydrogen-bond donors (Lipinski definition) is 2. The minimum absolute atomic E-state index is 0.0731. The number of nitrogens with one attached hydrogen (secondary N) is 1. The summed E-state index contributed by atoms with van der Waals surface area (Å²) in [6.45, 7) is 4.56. The number of amides is 2. The fourth-order valence-corrected chi connectivity index (χ4v) is 2.49. The number of hydrogen-bond acceptors (Lipinski definition) is 4. The quantitative estimate of drug-likeness (QED) is 0.677. The van der Waals surface area contributed by atoms with Gasteiger partial charge in [0.05, 0.1) is 5.56 Å². The first kappa shape index (κ1) is 26.2. The first-order valence-electron chi connectivity index (χ1n) is 9.02. The number of carboxylic acids is 1. The molecule has 0 unspecified atom stereocenters. The standard InChI is InChI=1S/C16H20F3N3O2.C2HF3O2/c1-2-21(11-14(23)22-9-7-20-8-10-22)15(24)12-3-5-13(6-4-12)16(17,18)19;3-2(4,5)1(6)7/h3-6,20H,2,7-11H2,1H3;(H,6,7). The van der Waals surface area contributed by atoms with E-state index in [1.807, 2.05) is 0 Å². The molecule has 1 aliphatic heterocycles. The van der Waals surface area contributed by atoms with Crippen molar-refractivity contribution >= 4 is 17.8 Å². The summed E-state index contributed by atoms with van der Waals surface area (Å²) >= 11 is 0. The molecule has 13 heteroatoms. The van der Waals surface area contributed by atoms with Gasteiger partial charge in [0.1, 0.15) is 6.54 Å². The molecule has 0 saturated carbocycles. The van der Waals surface area contributed by atoms with Crippen molar-refractivity contribution < 1.29 is 45.8 Å². The Kier molecular flexibility index (Phi) is 9.28. The Morgan fingerprint density at radius 3 is 1.90 bits per heavy atom. The van der Waals surface area contributed by atoms with E-state index in [0.717, 1.165) is 24.3 Å². The predicted octanol–water partition coefficient (Wildman–Crippen LogP) is 2.23. The Hall–Kier alpha value is -2.83. The van der Waals surface area contributed by atoms with Gasteiger partial charge in [-0.2, -0.15) is 26.3 Å². The molecule has 0 atom stereocenters. The van der Waals surface area contributed by atoms with Gasteiger partial charge in [0.2, 0.25) is 5.91 Å². The van der Waals surface area contributed by atoms with E-state index in [1.54, 1.807) is 11.8 Å². The van der Waals surface area contributed by atoms with Crippen molar-refractivity contribution in [1.29, 1.82) is 0 Å². The summed E-state index contributed by atoms with van der Waals surface area (Å²) in [5.74, 6) is -3.36. The molecule has 2 amide bonds. The molecule has 1 aromatic carbocycles. The highest BCUT2D eigenvalue weighted by atomic mass is 19.4. The Balaban J connectivity index is 0.000000592. The number of nitrogens with zero attached hydrogens (tertiary/aromatic N) is 2. The molecule has 2 N–H and O–H groups in total. The van der Waals surface area contributed by atoms with Crippen LogP contribution in [0.25, 0.3) is 0 Å². The van der Waals surface area contributed by atoms with Crippen molar-refractivity contribution in [2.75, 3.05) is 39.3 Å². The Labute approximate surface area is 173 Å². The molecule has 0 aromatic heterocycles. The van der Waals surface area contributed by atoms with Crippen molar-refractivity contribution in [2.24, 2.45) is 0 Å². The highest BCUT2D eigenvalue weighted by Crippen LogP contribution is 2.29. The zero-order valence-corrected chi connectivity index (χ0v) is 16.4. The van der Waals surface area contributed by atoms with Gasteiger partial charge < -0.3 is 20.2 Å². The van der Waals surface area contributed by atoms with Crippen LogP contribution in [0.15, 0.2) is 24.3 Å². The molecule has 1 fully saturated rings. The number of halogens is 6. The largest absolute Gasteiger partial charge is 0.490 e. The third kappa shape index (κ3) is 8.44. The second-order valence-corrected chi connectivity index (χ2v) is 6.33. The molecule has 1 saturated heterocycles. The van der Waals surface area contributed by atoms with E-state index in [4.69, 9.17) is 9.90 Å². The minimum Gasteiger partial charge on any atom is -0.475 e. The molecule has 31 heavy (non-hydrogen) atoms. The minimum atomic E-state index is -5.08. The molecular formula is C18H21F6N3O4. The molecular weight excluding hydrogens is 436 g/mol. The second kappa shape index (κ2) is 11.0. The fraction of sp³-hybridized carbons (Fsp3) is 0.500. The molecule has 0 spiro atoms. The van der Waals surface area contributed by atoms with Crippen LogP contribution in [0.5, 0.6) is 0 Å². The summed E-state index contributed by atoms with van der Waals surface area (Å²) in [5, 5.41) is 10.3. The fourth-order valence-electron chi connectivity index (χ4n) is 2.49. The van der Waals surface area contributed by atoms with Crippen LogP contribution in [0.2, 0.25) is 0 Å². The molecule has 1 aromatic rings. The highest BCUT2D eigenvalue weighted by Gasteiger charge is 2.38. The van der Waals surface area contributed by atoms with E-state index in [0.29, 0.717) is 32.7 Å². The second-order valence-electron chi connectivity index (χ2n) is 6.33. The van der Waals surface area contributed by atoms with Gasteiger partial charge in [-0.3, -0.25) is 9.59 Å². The van der Waals surface area contributed by atoms with Crippen LogP contribution in [0.1, 0.15) is 22.8 Å². The summed E-state index contributed by atoms with van der Waals surface area (Å²) in [4.78, 5) is 36.6. The van der Waals surface area contributed by atoms with Gasteiger partial charge in [-0.05, 0) is 31.2 Å².